The summed E-state index contributed by atoms with van der Waals surface area (Å²) in [6.07, 6.45) is 1.75. The van der Waals surface area contributed by atoms with Crippen LogP contribution in [0.25, 0.3) is 0 Å². The van der Waals surface area contributed by atoms with Crippen LogP contribution in [-0.2, 0) is 16.6 Å². The van der Waals surface area contributed by atoms with Crippen LogP contribution < -0.4 is 10.5 Å². The summed E-state index contributed by atoms with van der Waals surface area (Å²) >= 11 is 0. The highest BCUT2D eigenvalue weighted by molar-refractivity contribution is 7.89. The Balaban J connectivity index is 2.45. The van der Waals surface area contributed by atoms with Gasteiger partial charge in [-0.2, -0.15) is 0 Å². The lowest BCUT2D eigenvalue weighted by Crippen LogP contribution is -2.35. The minimum absolute atomic E-state index is 0.163. The second-order valence-electron chi connectivity index (χ2n) is 4.89. The van der Waals surface area contributed by atoms with E-state index in [0.717, 1.165) is 12.8 Å². The number of furan rings is 1. The normalized spacial score (nSPS) is 18.4. The van der Waals surface area contributed by atoms with Crippen LogP contribution >= 0.6 is 0 Å². The van der Waals surface area contributed by atoms with Crippen LogP contribution in [0.2, 0.25) is 0 Å². The lowest BCUT2D eigenvalue weighted by atomic mass is 10.2. The van der Waals surface area contributed by atoms with Gasteiger partial charge < -0.3 is 10.2 Å². The maximum atomic E-state index is 12.3. The summed E-state index contributed by atoms with van der Waals surface area (Å²) in [5, 5.41) is 0. The van der Waals surface area contributed by atoms with Gasteiger partial charge in [0.2, 0.25) is 10.0 Å². The molecule has 5 nitrogen and oxygen atoms in total. The first-order chi connectivity index (χ1) is 7.79. The lowest BCUT2D eigenvalue weighted by molar-refractivity contribution is 0.493. The van der Waals surface area contributed by atoms with Crippen LogP contribution in [0.4, 0.5) is 0 Å². The molecule has 1 aliphatic carbocycles. The van der Waals surface area contributed by atoms with Crippen molar-refractivity contribution in [2.75, 3.05) is 0 Å². The Labute approximate surface area is 101 Å². The Morgan fingerprint density at radius 3 is 2.41 bits per heavy atom. The molecular weight excluding hydrogens is 240 g/mol. The van der Waals surface area contributed by atoms with Crippen molar-refractivity contribution in [1.29, 1.82) is 0 Å². The van der Waals surface area contributed by atoms with Gasteiger partial charge in [-0.15, -0.1) is 0 Å². The summed E-state index contributed by atoms with van der Waals surface area (Å²) in [6, 6.07) is 0. The van der Waals surface area contributed by atoms with Gasteiger partial charge >= 0.3 is 0 Å². The first-order valence-electron chi connectivity index (χ1n) is 5.62. The summed E-state index contributed by atoms with van der Waals surface area (Å²) in [5.74, 6) is 0.978. The summed E-state index contributed by atoms with van der Waals surface area (Å²) in [7, 11) is -3.53. The van der Waals surface area contributed by atoms with Gasteiger partial charge in [-0.05, 0) is 33.6 Å². The summed E-state index contributed by atoms with van der Waals surface area (Å²) < 4.78 is 32.6. The van der Waals surface area contributed by atoms with Crippen molar-refractivity contribution in [3.8, 4) is 0 Å². The molecule has 17 heavy (non-hydrogen) atoms. The molecule has 0 aromatic carbocycles. The molecule has 0 amide bonds. The average molecular weight is 258 g/mol. The smallest absolute Gasteiger partial charge is 0.244 e. The Kier molecular flexibility index (Phi) is 2.84. The number of hydrogen-bond donors (Lipinski definition) is 2. The number of nitrogens with two attached hydrogens (primary N) is 1. The monoisotopic (exact) mass is 258 g/mol. The van der Waals surface area contributed by atoms with E-state index in [-0.39, 0.29) is 17.0 Å². The Bertz CT molecular complexity index is 541. The molecule has 1 saturated carbocycles. The third kappa shape index (κ3) is 2.25. The van der Waals surface area contributed by atoms with E-state index in [1.807, 2.05) is 6.92 Å². The Morgan fingerprint density at radius 2 is 1.94 bits per heavy atom. The second-order valence-corrected chi connectivity index (χ2v) is 6.51. The molecule has 0 atom stereocenters. The number of sulfonamides is 1. The van der Waals surface area contributed by atoms with Crippen molar-refractivity contribution in [2.24, 2.45) is 5.73 Å². The van der Waals surface area contributed by atoms with Gasteiger partial charge in [0.15, 0.2) is 0 Å². The van der Waals surface area contributed by atoms with Gasteiger partial charge in [0.1, 0.15) is 16.4 Å². The van der Waals surface area contributed by atoms with E-state index in [2.05, 4.69) is 4.72 Å². The SMILES string of the molecule is Cc1oc(C)c(S(=O)(=O)NC2(C)CC2)c1CN. The van der Waals surface area contributed by atoms with Crippen molar-refractivity contribution in [1.82, 2.24) is 4.72 Å². The first kappa shape index (κ1) is 12.6. The zero-order valence-electron chi connectivity index (χ0n) is 10.3. The fraction of sp³-hybridized carbons (Fsp3) is 0.636. The minimum Gasteiger partial charge on any atom is -0.465 e. The predicted octanol–water partition coefficient (Wildman–Crippen LogP) is 1.19. The van der Waals surface area contributed by atoms with E-state index in [1.54, 1.807) is 13.8 Å². The van der Waals surface area contributed by atoms with E-state index < -0.39 is 10.0 Å². The van der Waals surface area contributed by atoms with Crippen LogP contribution in [0.3, 0.4) is 0 Å². The molecule has 6 heteroatoms. The largest absolute Gasteiger partial charge is 0.465 e. The highest BCUT2D eigenvalue weighted by atomic mass is 32.2. The van der Waals surface area contributed by atoms with Crippen molar-refractivity contribution in [3.05, 3.63) is 17.1 Å². The van der Waals surface area contributed by atoms with Gasteiger partial charge in [-0.3, -0.25) is 0 Å². The average Bonchev–Trinajstić information content (AvgIpc) is 2.80. The Hall–Kier alpha value is -0.850. The molecule has 0 bridgehead atoms. The molecule has 0 unspecified atom stereocenters. The molecule has 1 aromatic rings. The minimum atomic E-state index is -3.53. The van der Waals surface area contributed by atoms with Crippen LogP contribution in [0.1, 0.15) is 36.8 Å². The topological polar surface area (TPSA) is 85.3 Å². The van der Waals surface area contributed by atoms with Crippen LogP contribution in [0, 0.1) is 13.8 Å². The molecule has 1 fully saturated rings. The van der Waals surface area contributed by atoms with Gasteiger partial charge in [-0.1, -0.05) is 0 Å². The van der Waals surface area contributed by atoms with Crippen molar-refractivity contribution < 1.29 is 12.8 Å². The van der Waals surface area contributed by atoms with E-state index in [1.165, 1.54) is 0 Å². The predicted molar refractivity (Wildman–Crippen MR) is 64.0 cm³/mol. The van der Waals surface area contributed by atoms with Gasteiger partial charge in [0.05, 0.1) is 0 Å². The zero-order valence-corrected chi connectivity index (χ0v) is 11.1. The Morgan fingerprint density at radius 1 is 1.35 bits per heavy atom. The molecule has 3 N–H and O–H groups in total. The van der Waals surface area contributed by atoms with Crippen LogP contribution in [-0.4, -0.2) is 14.0 Å². The maximum absolute atomic E-state index is 12.3. The molecule has 0 aliphatic heterocycles. The summed E-state index contributed by atoms with van der Waals surface area (Å²) in [5.41, 5.74) is 5.87. The summed E-state index contributed by atoms with van der Waals surface area (Å²) in [4.78, 5) is 0.214. The fourth-order valence-corrected chi connectivity index (χ4v) is 3.89. The molecule has 96 valence electrons. The van der Waals surface area contributed by atoms with Crippen molar-refractivity contribution in [2.45, 2.75) is 50.6 Å². The highest BCUT2D eigenvalue weighted by Gasteiger charge is 2.42. The second kappa shape index (κ2) is 3.83. The van der Waals surface area contributed by atoms with Crippen molar-refractivity contribution in [3.63, 3.8) is 0 Å². The van der Waals surface area contributed by atoms with Gasteiger partial charge in [0.25, 0.3) is 0 Å². The molecule has 1 heterocycles. The van der Waals surface area contributed by atoms with Gasteiger partial charge in [-0.25, -0.2) is 13.1 Å². The van der Waals surface area contributed by atoms with E-state index in [0.29, 0.717) is 17.1 Å². The molecular formula is C11H18N2O3S. The molecule has 1 aromatic heterocycles. The fourth-order valence-electron chi connectivity index (χ4n) is 1.96. The number of nitrogens with one attached hydrogen (secondary N) is 1. The summed E-state index contributed by atoms with van der Waals surface area (Å²) in [6.45, 7) is 5.44. The third-order valence-corrected chi connectivity index (χ3v) is 5.01. The molecule has 1 aliphatic rings. The first-order valence-corrected chi connectivity index (χ1v) is 7.10. The number of rotatable bonds is 4. The lowest BCUT2D eigenvalue weighted by Gasteiger charge is -2.12. The van der Waals surface area contributed by atoms with E-state index in [4.69, 9.17) is 10.2 Å². The molecule has 2 rings (SSSR count). The standard InChI is InChI=1S/C11H18N2O3S/c1-7-9(6-12)10(8(2)16-7)17(14,15)13-11(3)4-5-11/h13H,4-6,12H2,1-3H3. The van der Waals surface area contributed by atoms with Crippen LogP contribution in [0.15, 0.2) is 9.31 Å². The van der Waals surface area contributed by atoms with E-state index in [9.17, 15) is 8.42 Å². The molecule has 0 radical (unpaired) electrons. The molecule has 0 saturated heterocycles. The quantitative estimate of drug-likeness (QED) is 0.849. The van der Waals surface area contributed by atoms with Crippen LogP contribution in [0.5, 0.6) is 0 Å². The highest BCUT2D eigenvalue weighted by Crippen LogP contribution is 2.37. The number of hydrogen-bond acceptors (Lipinski definition) is 4. The van der Waals surface area contributed by atoms with Crippen molar-refractivity contribution >= 4 is 10.0 Å². The number of aryl methyl sites for hydroxylation is 2. The van der Waals surface area contributed by atoms with E-state index >= 15 is 0 Å². The van der Waals surface area contributed by atoms with Gasteiger partial charge in [0, 0.05) is 17.6 Å². The maximum Gasteiger partial charge on any atom is 0.244 e. The zero-order chi connectivity index (χ0) is 12.8. The molecule has 0 spiro atoms. The third-order valence-electron chi connectivity index (χ3n) is 3.18.